The van der Waals surface area contributed by atoms with E-state index in [1.54, 1.807) is 0 Å². The second-order valence-electron chi connectivity index (χ2n) is 5.76. The van der Waals surface area contributed by atoms with E-state index in [-0.39, 0.29) is 16.4 Å². The van der Waals surface area contributed by atoms with Gasteiger partial charge in [0.25, 0.3) is 0 Å². The first-order valence-electron chi connectivity index (χ1n) is 6.29. The Balaban J connectivity index is 2.23. The minimum absolute atomic E-state index is 0.116. The molecule has 1 fully saturated rings. The van der Waals surface area contributed by atoms with Crippen LogP contribution in [-0.4, -0.2) is 14.5 Å². The van der Waals surface area contributed by atoms with E-state index in [2.05, 4.69) is 19.2 Å². The van der Waals surface area contributed by atoms with Crippen molar-refractivity contribution in [3.63, 3.8) is 0 Å². The monoisotopic (exact) mass is 286 g/mol. The summed E-state index contributed by atoms with van der Waals surface area (Å²) in [6.45, 7) is 4.29. The van der Waals surface area contributed by atoms with Crippen molar-refractivity contribution in [2.24, 2.45) is 10.6 Å². The van der Waals surface area contributed by atoms with Crippen molar-refractivity contribution in [1.29, 1.82) is 0 Å². The van der Waals surface area contributed by atoms with Crippen LogP contribution in [0.15, 0.2) is 23.1 Å². The maximum Gasteiger partial charge on any atom is 0.238 e. The minimum atomic E-state index is -3.86. The van der Waals surface area contributed by atoms with Crippen LogP contribution in [0.5, 0.6) is 0 Å². The zero-order valence-corrected chi connectivity index (χ0v) is 11.9. The van der Waals surface area contributed by atoms with Crippen molar-refractivity contribution in [2.75, 3.05) is 5.32 Å². The van der Waals surface area contributed by atoms with Gasteiger partial charge >= 0.3 is 0 Å². The van der Waals surface area contributed by atoms with Crippen LogP contribution in [0.1, 0.15) is 33.1 Å². The molecule has 0 bridgehead atoms. The molecule has 1 atom stereocenters. The fourth-order valence-electron chi connectivity index (χ4n) is 2.57. The molecule has 6 heteroatoms. The molecule has 106 valence electrons. The largest absolute Gasteiger partial charge is 0.379 e. The number of hydrogen-bond acceptors (Lipinski definition) is 3. The summed E-state index contributed by atoms with van der Waals surface area (Å²) in [5.41, 5.74) is 0.442. The highest BCUT2D eigenvalue weighted by molar-refractivity contribution is 7.89. The molecule has 0 radical (unpaired) electrons. The summed E-state index contributed by atoms with van der Waals surface area (Å²) in [6, 6.07) is 3.91. The average Bonchev–Trinajstić information content (AvgIpc) is 2.59. The number of nitrogens with two attached hydrogens (primary N) is 1. The Morgan fingerprint density at radius 2 is 2.11 bits per heavy atom. The Bertz CT molecular complexity index is 584. The third-order valence-electron chi connectivity index (χ3n) is 3.86. The number of primary sulfonamides is 1. The number of sulfonamides is 1. The quantitative estimate of drug-likeness (QED) is 0.896. The molecule has 3 N–H and O–H groups in total. The van der Waals surface area contributed by atoms with Crippen LogP contribution < -0.4 is 10.5 Å². The zero-order chi connectivity index (χ0) is 14.3. The molecular weight excluding hydrogens is 267 g/mol. The highest BCUT2D eigenvalue weighted by atomic mass is 32.2. The summed E-state index contributed by atoms with van der Waals surface area (Å²) >= 11 is 0. The summed E-state index contributed by atoms with van der Waals surface area (Å²) < 4.78 is 36.2. The standard InChI is InChI=1S/C13H19FN2O2S/c1-13(2)7-3-4-12(13)16-11-6-5-9(8-10(11)14)19(15,17)18/h5-6,8,12,16H,3-4,7H2,1-2H3,(H2,15,17,18). The molecule has 19 heavy (non-hydrogen) atoms. The molecule has 2 rings (SSSR count). The van der Waals surface area contributed by atoms with Crippen molar-refractivity contribution in [3.8, 4) is 0 Å². The number of halogens is 1. The number of rotatable bonds is 3. The van der Waals surface area contributed by atoms with Gasteiger partial charge in [-0.3, -0.25) is 0 Å². The highest BCUT2D eigenvalue weighted by Crippen LogP contribution is 2.39. The van der Waals surface area contributed by atoms with Gasteiger partial charge < -0.3 is 5.32 Å². The van der Waals surface area contributed by atoms with E-state index in [0.29, 0.717) is 5.69 Å². The first-order valence-corrected chi connectivity index (χ1v) is 7.84. The predicted octanol–water partition coefficient (Wildman–Crippen LogP) is 2.46. The van der Waals surface area contributed by atoms with Crippen LogP contribution >= 0.6 is 0 Å². The number of nitrogens with one attached hydrogen (secondary N) is 1. The normalized spacial score (nSPS) is 22.4. The number of hydrogen-bond donors (Lipinski definition) is 2. The lowest BCUT2D eigenvalue weighted by atomic mass is 9.87. The van der Waals surface area contributed by atoms with E-state index in [1.165, 1.54) is 12.1 Å². The van der Waals surface area contributed by atoms with Crippen LogP contribution in [-0.2, 0) is 10.0 Å². The van der Waals surface area contributed by atoms with Crippen LogP contribution in [0, 0.1) is 11.2 Å². The topological polar surface area (TPSA) is 72.2 Å². The summed E-state index contributed by atoms with van der Waals surface area (Å²) in [4.78, 5) is -0.207. The second kappa shape index (κ2) is 4.76. The minimum Gasteiger partial charge on any atom is -0.379 e. The summed E-state index contributed by atoms with van der Waals surface area (Å²) in [5.74, 6) is -0.589. The lowest BCUT2D eigenvalue weighted by Crippen LogP contribution is -2.31. The van der Waals surface area contributed by atoms with Gasteiger partial charge in [-0.25, -0.2) is 17.9 Å². The van der Waals surface area contributed by atoms with Gasteiger partial charge in [-0.1, -0.05) is 20.3 Å². The van der Waals surface area contributed by atoms with Gasteiger partial charge in [-0.2, -0.15) is 0 Å². The molecule has 1 aliphatic carbocycles. The average molecular weight is 286 g/mol. The first-order chi connectivity index (χ1) is 8.70. The summed E-state index contributed by atoms with van der Waals surface area (Å²) in [7, 11) is -3.86. The first kappa shape index (κ1) is 14.3. The molecule has 0 aliphatic heterocycles. The van der Waals surface area contributed by atoms with Gasteiger partial charge in [0.15, 0.2) is 0 Å². The third-order valence-corrected chi connectivity index (χ3v) is 4.77. The van der Waals surface area contributed by atoms with Crippen LogP contribution in [0.4, 0.5) is 10.1 Å². The Morgan fingerprint density at radius 3 is 2.58 bits per heavy atom. The Morgan fingerprint density at radius 1 is 1.42 bits per heavy atom. The smallest absolute Gasteiger partial charge is 0.238 e. The summed E-state index contributed by atoms with van der Waals surface area (Å²) in [6.07, 6.45) is 3.20. The molecular formula is C13H19FN2O2S. The van der Waals surface area contributed by atoms with Gasteiger partial charge in [0, 0.05) is 6.04 Å². The SMILES string of the molecule is CC1(C)CCCC1Nc1ccc(S(N)(=O)=O)cc1F. The fraction of sp³-hybridized carbons (Fsp3) is 0.538. The lowest BCUT2D eigenvalue weighted by molar-refractivity contribution is 0.349. The molecule has 1 unspecified atom stereocenters. The Hall–Kier alpha value is -1.14. The van der Waals surface area contributed by atoms with Crippen LogP contribution in [0.3, 0.4) is 0 Å². The molecule has 0 heterocycles. The molecule has 4 nitrogen and oxygen atoms in total. The van der Waals surface area contributed by atoms with Gasteiger partial charge in [0.1, 0.15) is 5.82 Å². The Labute approximate surface area is 113 Å². The molecule has 1 saturated carbocycles. The van der Waals surface area contributed by atoms with Crippen LogP contribution in [0.25, 0.3) is 0 Å². The van der Waals surface area contributed by atoms with E-state index < -0.39 is 15.8 Å². The predicted molar refractivity (Wildman–Crippen MR) is 72.8 cm³/mol. The van der Waals surface area contributed by atoms with Crippen molar-refractivity contribution < 1.29 is 12.8 Å². The maximum atomic E-state index is 13.9. The molecule has 0 saturated heterocycles. The van der Waals surface area contributed by atoms with E-state index in [9.17, 15) is 12.8 Å². The number of benzene rings is 1. The van der Waals surface area contributed by atoms with E-state index in [1.807, 2.05) is 0 Å². The maximum absolute atomic E-state index is 13.9. The fourth-order valence-corrected chi connectivity index (χ4v) is 3.10. The highest BCUT2D eigenvalue weighted by Gasteiger charge is 2.34. The molecule has 0 spiro atoms. The van der Waals surface area contributed by atoms with Crippen molar-refractivity contribution >= 4 is 15.7 Å². The van der Waals surface area contributed by atoms with Gasteiger partial charge in [0.2, 0.25) is 10.0 Å². The third kappa shape index (κ3) is 3.06. The molecule has 1 aromatic carbocycles. The number of anilines is 1. The zero-order valence-electron chi connectivity index (χ0n) is 11.1. The molecule has 1 aliphatic rings. The Kier molecular flexibility index (Phi) is 3.57. The van der Waals surface area contributed by atoms with Crippen molar-refractivity contribution in [2.45, 2.75) is 44.0 Å². The van der Waals surface area contributed by atoms with Crippen molar-refractivity contribution in [1.82, 2.24) is 0 Å². The van der Waals surface area contributed by atoms with Gasteiger partial charge in [-0.05, 0) is 36.5 Å². The van der Waals surface area contributed by atoms with E-state index in [0.717, 1.165) is 25.3 Å². The molecule has 1 aromatic rings. The molecule has 0 amide bonds. The van der Waals surface area contributed by atoms with E-state index >= 15 is 0 Å². The van der Waals surface area contributed by atoms with Gasteiger partial charge in [-0.15, -0.1) is 0 Å². The van der Waals surface area contributed by atoms with E-state index in [4.69, 9.17) is 5.14 Å². The van der Waals surface area contributed by atoms with Gasteiger partial charge in [0.05, 0.1) is 10.6 Å². The van der Waals surface area contributed by atoms with Crippen LogP contribution in [0.2, 0.25) is 0 Å². The second-order valence-corrected chi connectivity index (χ2v) is 7.33. The summed E-state index contributed by atoms with van der Waals surface area (Å²) in [5, 5.41) is 8.13. The molecule has 0 aromatic heterocycles. The van der Waals surface area contributed by atoms with Crippen molar-refractivity contribution in [3.05, 3.63) is 24.0 Å². The lowest BCUT2D eigenvalue weighted by Gasteiger charge is -2.28.